The lowest BCUT2D eigenvalue weighted by Gasteiger charge is -2.23. The number of anilines is 1. The molecule has 0 aromatic heterocycles. The topological polar surface area (TPSA) is 79.5 Å². The van der Waals surface area contributed by atoms with Crippen LogP contribution in [0, 0.1) is 0 Å². The molecule has 6 nitrogen and oxygen atoms in total. The molecule has 0 fully saturated rings. The number of carbonyl (C=O) groups excluding carboxylic acids is 2. The highest BCUT2D eigenvalue weighted by atomic mass is 16.5. The van der Waals surface area contributed by atoms with Crippen molar-refractivity contribution < 1.29 is 14.3 Å². The van der Waals surface area contributed by atoms with E-state index in [0.717, 1.165) is 5.56 Å². The molecule has 0 bridgehead atoms. The molecule has 3 amide bonds. The Hall–Kier alpha value is -2.24. The zero-order valence-electron chi connectivity index (χ0n) is 10.9. The summed E-state index contributed by atoms with van der Waals surface area (Å²) in [6.07, 6.45) is 0.222. The minimum absolute atomic E-state index is 0.145. The van der Waals surface area contributed by atoms with E-state index in [-0.39, 0.29) is 11.9 Å². The lowest BCUT2D eigenvalue weighted by molar-refractivity contribution is -0.122. The standard InChI is InChI=1S/C13H17N3O3/c1-8-12(17)16-10-7-9(3-4-11(10)19-8)5-6-15-13(18)14-2/h3-4,7-8H,5-6H2,1-2H3,(H,16,17)(H2,14,15,18). The summed E-state index contributed by atoms with van der Waals surface area (Å²) in [5, 5.41) is 7.99. The minimum Gasteiger partial charge on any atom is -0.479 e. The fraction of sp³-hybridized carbons (Fsp3) is 0.385. The van der Waals surface area contributed by atoms with Gasteiger partial charge in [0, 0.05) is 13.6 Å². The number of nitrogens with one attached hydrogen (secondary N) is 3. The van der Waals surface area contributed by atoms with Gasteiger partial charge in [-0.15, -0.1) is 0 Å². The molecule has 1 aliphatic rings. The molecule has 1 aromatic rings. The Morgan fingerprint density at radius 2 is 2.26 bits per heavy atom. The van der Waals surface area contributed by atoms with Crippen molar-refractivity contribution in [3.05, 3.63) is 23.8 Å². The monoisotopic (exact) mass is 263 g/mol. The van der Waals surface area contributed by atoms with E-state index in [0.29, 0.717) is 24.4 Å². The van der Waals surface area contributed by atoms with Crippen LogP contribution < -0.4 is 20.7 Å². The van der Waals surface area contributed by atoms with Crippen LogP contribution in [0.1, 0.15) is 12.5 Å². The number of amides is 3. The Kier molecular flexibility index (Phi) is 3.89. The van der Waals surface area contributed by atoms with Gasteiger partial charge in [-0.2, -0.15) is 0 Å². The van der Waals surface area contributed by atoms with Crippen molar-refractivity contribution in [2.45, 2.75) is 19.4 Å². The smallest absolute Gasteiger partial charge is 0.314 e. The highest BCUT2D eigenvalue weighted by Gasteiger charge is 2.23. The van der Waals surface area contributed by atoms with E-state index < -0.39 is 6.10 Å². The summed E-state index contributed by atoms with van der Waals surface area (Å²) in [5.74, 6) is 0.531. The predicted octanol–water partition coefficient (Wildman–Crippen LogP) is 0.877. The largest absolute Gasteiger partial charge is 0.479 e. The number of rotatable bonds is 3. The Balaban J connectivity index is 1.99. The molecule has 3 N–H and O–H groups in total. The van der Waals surface area contributed by atoms with Crippen LogP contribution in [0.3, 0.4) is 0 Å². The summed E-state index contributed by atoms with van der Waals surface area (Å²) >= 11 is 0. The van der Waals surface area contributed by atoms with Gasteiger partial charge in [0.25, 0.3) is 5.91 Å². The second kappa shape index (κ2) is 5.60. The maximum Gasteiger partial charge on any atom is 0.314 e. The maximum absolute atomic E-state index is 11.5. The molecular formula is C13H17N3O3. The summed E-state index contributed by atoms with van der Waals surface area (Å²) in [6.45, 7) is 2.24. The summed E-state index contributed by atoms with van der Waals surface area (Å²) in [5.41, 5.74) is 1.70. The van der Waals surface area contributed by atoms with Gasteiger partial charge in [0.15, 0.2) is 6.10 Å². The molecule has 1 atom stereocenters. The van der Waals surface area contributed by atoms with Crippen LogP contribution in [-0.2, 0) is 11.2 Å². The van der Waals surface area contributed by atoms with Gasteiger partial charge in [-0.3, -0.25) is 4.79 Å². The van der Waals surface area contributed by atoms with Gasteiger partial charge in [-0.05, 0) is 31.0 Å². The number of carbonyl (C=O) groups is 2. The zero-order chi connectivity index (χ0) is 13.8. The molecule has 6 heteroatoms. The Morgan fingerprint density at radius 3 is 3.00 bits per heavy atom. The fourth-order valence-electron chi connectivity index (χ4n) is 1.82. The van der Waals surface area contributed by atoms with Gasteiger partial charge < -0.3 is 20.7 Å². The van der Waals surface area contributed by atoms with Gasteiger partial charge in [0.1, 0.15) is 5.75 Å². The average Bonchev–Trinajstić information content (AvgIpc) is 2.40. The third kappa shape index (κ3) is 3.15. The second-order valence-corrected chi connectivity index (χ2v) is 4.34. The van der Waals surface area contributed by atoms with Crippen molar-refractivity contribution in [1.82, 2.24) is 10.6 Å². The van der Waals surface area contributed by atoms with Crippen LogP contribution in [-0.4, -0.2) is 31.6 Å². The van der Waals surface area contributed by atoms with Gasteiger partial charge >= 0.3 is 6.03 Å². The molecular weight excluding hydrogens is 246 g/mol. The van der Waals surface area contributed by atoms with Crippen molar-refractivity contribution in [3.8, 4) is 5.75 Å². The molecule has 19 heavy (non-hydrogen) atoms. The number of ether oxygens (including phenoxy) is 1. The third-order valence-electron chi connectivity index (χ3n) is 2.90. The molecule has 0 spiro atoms. The molecule has 0 aliphatic carbocycles. The second-order valence-electron chi connectivity index (χ2n) is 4.34. The molecule has 1 unspecified atom stereocenters. The molecule has 1 aliphatic heterocycles. The fourth-order valence-corrected chi connectivity index (χ4v) is 1.82. The van der Waals surface area contributed by atoms with Crippen LogP contribution in [0.25, 0.3) is 0 Å². The molecule has 1 heterocycles. The van der Waals surface area contributed by atoms with Crippen LogP contribution in [0.4, 0.5) is 10.5 Å². The van der Waals surface area contributed by atoms with Crippen LogP contribution >= 0.6 is 0 Å². The summed E-state index contributed by atoms with van der Waals surface area (Å²) in [7, 11) is 1.57. The first-order valence-corrected chi connectivity index (χ1v) is 6.16. The van der Waals surface area contributed by atoms with E-state index in [2.05, 4.69) is 16.0 Å². The Morgan fingerprint density at radius 1 is 1.47 bits per heavy atom. The predicted molar refractivity (Wildman–Crippen MR) is 71.3 cm³/mol. The van der Waals surface area contributed by atoms with E-state index in [4.69, 9.17) is 4.74 Å². The normalized spacial score (nSPS) is 16.9. The quantitative estimate of drug-likeness (QED) is 0.757. The first kappa shape index (κ1) is 13.2. The van der Waals surface area contributed by atoms with Gasteiger partial charge in [0.2, 0.25) is 0 Å². The first-order chi connectivity index (χ1) is 9.10. The van der Waals surface area contributed by atoms with Crippen molar-refractivity contribution in [1.29, 1.82) is 0 Å². The van der Waals surface area contributed by atoms with Crippen molar-refractivity contribution in [3.63, 3.8) is 0 Å². The lowest BCUT2D eigenvalue weighted by atomic mass is 10.1. The molecule has 102 valence electrons. The van der Waals surface area contributed by atoms with Crippen molar-refractivity contribution in [2.75, 3.05) is 18.9 Å². The average molecular weight is 263 g/mol. The first-order valence-electron chi connectivity index (χ1n) is 6.16. The Labute approximate surface area is 111 Å². The van der Waals surface area contributed by atoms with Gasteiger partial charge in [-0.25, -0.2) is 4.79 Å². The van der Waals surface area contributed by atoms with Crippen LogP contribution in [0.2, 0.25) is 0 Å². The molecule has 0 saturated carbocycles. The minimum atomic E-state index is -0.465. The van der Waals surface area contributed by atoms with E-state index in [1.807, 2.05) is 18.2 Å². The SMILES string of the molecule is CNC(=O)NCCc1ccc2c(c1)NC(=O)C(C)O2. The summed E-state index contributed by atoms with van der Waals surface area (Å²) < 4.78 is 5.47. The number of benzene rings is 1. The van der Waals surface area contributed by atoms with E-state index in [1.165, 1.54) is 0 Å². The molecule has 1 aromatic carbocycles. The number of hydrogen-bond donors (Lipinski definition) is 3. The number of hydrogen-bond acceptors (Lipinski definition) is 3. The molecule has 2 rings (SSSR count). The van der Waals surface area contributed by atoms with Gasteiger partial charge in [0.05, 0.1) is 5.69 Å². The Bertz CT molecular complexity index is 502. The zero-order valence-corrected chi connectivity index (χ0v) is 10.9. The number of fused-ring (bicyclic) bond motifs is 1. The highest BCUT2D eigenvalue weighted by molar-refractivity contribution is 5.97. The maximum atomic E-state index is 11.5. The van der Waals surface area contributed by atoms with Crippen molar-refractivity contribution in [2.24, 2.45) is 0 Å². The third-order valence-corrected chi connectivity index (χ3v) is 2.90. The van der Waals surface area contributed by atoms with Crippen LogP contribution in [0.15, 0.2) is 18.2 Å². The molecule has 0 radical (unpaired) electrons. The van der Waals surface area contributed by atoms with Crippen molar-refractivity contribution >= 4 is 17.6 Å². The summed E-state index contributed by atoms with van der Waals surface area (Å²) in [4.78, 5) is 22.5. The number of urea groups is 1. The van der Waals surface area contributed by atoms with E-state index in [9.17, 15) is 9.59 Å². The van der Waals surface area contributed by atoms with Crippen LogP contribution in [0.5, 0.6) is 5.75 Å². The lowest BCUT2D eigenvalue weighted by Crippen LogP contribution is -2.35. The highest BCUT2D eigenvalue weighted by Crippen LogP contribution is 2.30. The van der Waals surface area contributed by atoms with Gasteiger partial charge in [-0.1, -0.05) is 6.07 Å². The molecule has 0 saturated heterocycles. The van der Waals surface area contributed by atoms with E-state index >= 15 is 0 Å². The van der Waals surface area contributed by atoms with E-state index in [1.54, 1.807) is 14.0 Å². The summed E-state index contributed by atoms with van der Waals surface area (Å²) in [6, 6.07) is 5.42.